The summed E-state index contributed by atoms with van der Waals surface area (Å²) in [6.07, 6.45) is 1.85. The topological polar surface area (TPSA) is 29.5 Å². The number of hydrogen-bond acceptors (Lipinski definition) is 2. The quantitative estimate of drug-likeness (QED) is 0.783. The molecule has 0 fully saturated rings. The number of phenolic OH excluding ortho intramolecular Hbond substituents is 1. The Morgan fingerprint density at radius 2 is 2.00 bits per heavy atom. The van der Waals surface area contributed by atoms with Gasteiger partial charge in [-0.1, -0.05) is 13.8 Å². The lowest BCUT2D eigenvalue weighted by Crippen LogP contribution is -2.32. The van der Waals surface area contributed by atoms with Gasteiger partial charge in [-0.05, 0) is 50.3 Å². The highest BCUT2D eigenvalue weighted by Crippen LogP contribution is 2.40. The molecule has 0 saturated heterocycles. The average molecular weight is 220 g/mol. The van der Waals surface area contributed by atoms with E-state index in [0.29, 0.717) is 11.7 Å². The van der Waals surface area contributed by atoms with Crippen molar-refractivity contribution in [2.24, 2.45) is 0 Å². The molecule has 2 heteroatoms. The van der Waals surface area contributed by atoms with Gasteiger partial charge in [0.15, 0.2) is 0 Å². The van der Waals surface area contributed by atoms with Crippen molar-refractivity contribution in [3.05, 3.63) is 23.3 Å². The van der Waals surface area contributed by atoms with Crippen molar-refractivity contribution in [1.29, 1.82) is 0 Å². The van der Waals surface area contributed by atoms with E-state index >= 15 is 0 Å². The van der Waals surface area contributed by atoms with E-state index in [1.807, 2.05) is 6.07 Å². The maximum Gasteiger partial charge on any atom is 0.127 e. The van der Waals surface area contributed by atoms with E-state index in [1.165, 1.54) is 0 Å². The van der Waals surface area contributed by atoms with Crippen molar-refractivity contribution >= 4 is 0 Å². The summed E-state index contributed by atoms with van der Waals surface area (Å²) < 4.78 is 5.93. The highest BCUT2D eigenvalue weighted by molar-refractivity contribution is 5.49. The third-order valence-electron chi connectivity index (χ3n) is 3.24. The van der Waals surface area contributed by atoms with Crippen LogP contribution in [-0.2, 0) is 6.42 Å². The third kappa shape index (κ3) is 2.01. The van der Waals surface area contributed by atoms with Crippen LogP contribution in [0.1, 0.15) is 51.2 Å². The molecule has 0 aliphatic carbocycles. The molecule has 1 heterocycles. The molecule has 1 aromatic carbocycles. The number of hydrogen-bond donors (Lipinski definition) is 1. The molecule has 1 N–H and O–H groups in total. The van der Waals surface area contributed by atoms with E-state index in [4.69, 9.17) is 4.74 Å². The van der Waals surface area contributed by atoms with Gasteiger partial charge >= 0.3 is 0 Å². The molecule has 0 atom stereocenters. The maximum atomic E-state index is 9.98. The van der Waals surface area contributed by atoms with Gasteiger partial charge in [-0.25, -0.2) is 0 Å². The minimum Gasteiger partial charge on any atom is -0.508 e. The second-order valence-electron chi connectivity index (χ2n) is 5.53. The zero-order chi connectivity index (χ0) is 11.9. The molecule has 1 aromatic rings. The number of benzene rings is 1. The molecular formula is C14H20O2. The molecule has 0 unspecified atom stereocenters. The van der Waals surface area contributed by atoms with E-state index in [2.05, 4.69) is 33.8 Å². The van der Waals surface area contributed by atoms with Crippen LogP contribution in [0.4, 0.5) is 0 Å². The minimum atomic E-state index is -0.116. The second kappa shape index (κ2) is 3.69. The first-order chi connectivity index (χ1) is 7.39. The Kier molecular flexibility index (Phi) is 2.61. The largest absolute Gasteiger partial charge is 0.508 e. The van der Waals surface area contributed by atoms with E-state index in [-0.39, 0.29) is 5.60 Å². The lowest BCUT2D eigenvalue weighted by atomic mass is 9.91. The molecule has 0 saturated carbocycles. The van der Waals surface area contributed by atoms with Crippen LogP contribution in [0.2, 0.25) is 0 Å². The van der Waals surface area contributed by atoms with Crippen molar-refractivity contribution in [1.82, 2.24) is 0 Å². The van der Waals surface area contributed by atoms with Gasteiger partial charge in [0.1, 0.15) is 17.1 Å². The average Bonchev–Trinajstić information content (AvgIpc) is 2.14. The molecule has 0 amide bonds. The van der Waals surface area contributed by atoms with Crippen LogP contribution in [0.5, 0.6) is 11.5 Å². The Morgan fingerprint density at radius 3 is 2.62 bits per heavy atom. The molecule has 16 heavy (non-hydrogen) atoms. The molecule has 0 aromatic heterocycles. The van der Waals surface area contributed by atoms with Crippen LogP contribution >= 0.6 is 0 Å². The highest BCUT2D eigenvalue weighted by atomic mass is 16.5. The SMILES string of the molecule is CC(C)c1cc(O)c2c(c1)OC(C)(C)CC2. The normalized spacial score (nSPS) is 18.1. The third-order valence-corrected chi connectivity index (χ3v) is 3.24. The van der Waals surface area contributed by atoms with Gasteiger partial charge in [-0.15, -0.1) is 0 Å². The zero-order valence-electron chi connectivity index (χ0n) is 10.5. The van der Waals surface area contributed by atoms with E-state index in [1.54, 1.807) is 0 Å². The van der Waals surface area contributed by atoms with Crippen molar-refractivity contribution in [2.75, 3.05) is 0 Å². The maximum absolute atomic E-state index is 9.98. The van der Waals surface area contributed by atoms with Gasteiger partial charge in [0, 0.05) is 5.56 Å². The molecule has 2 rings (SSSR count). The standard InChI is InChI=1S/C14H20O2/c1-9(2)10-7-12(15)11-5-6-14(3,4)16-13(11)8-10/h7-9,15H,5-6H2,1-4H3. The Hall–Kier alpha value is -1.18. The molecule has 0 radical (unpaired) electrons. The van der Waals surface area contributed by atoms with Crippen molar-refractivity contribution in [2.45, 2.75) is 52.1 Å². The first kappa shape index (κ1) is 11.3. The Morgan fingerprint density at radius 1 is 1.31 bits per heavy atom. The van der Waals surface area contributed by atoms with Gasteiger partial charge in [0.05, 0.1) is 0 Å². The highest BCUT2D eigenvalue weighted by Gasteiger charge is 2.28. The monoisotopic (exact) mass is 220 g/mol. The van der Waals surface area contributed by atoms with Crippen LogP contribution in [-0.4, -0.2) is 10.7 Å². The smallest absolute Gasteiger partial charge is 0.127 e. The molecule has 0 spiro atoms. The van der Waals surface area contributed by atoms with Crippen molar-refractivity contribution < 1.29 is 9.84 Å². The predicted octanol–water partition coefficient (Wildman–Crippen LogP) is 3.62. The lowest BCUT2D eigenvalue weighted by molar-refractivity contribution is 0.0835. The summed E-state index contributed by atoms with van der Waals surface area (Å²) in [4.78, 5) is 0. The summed E-state index contributed by atoms with van der Waals surface area (Å²) in [6.45, 7) is 8.42. The Bertz CT molecular complexity index is 405. The first-order valence-corrected chi connectivity index (χ1v) is 5.94. The van der Waals surface area contributed by atoms with Crippen LogP contribution in [0.15, 0.2) is 12.1 Å². The number of ether oxygens (including phenoxy) is 1. The van der Waals surface area contributed by atoms with Crippen LogP contribution in [0.3, 0.4) is 0 Å². The minimum absolute atomic E-state index is 0.116. The van der Waals surface area contributed by atoms with Crippen molar-refractivity contribution in [3.63, 3.8) is 0 Å². The summed E-state index contributed by atoms with van der Waals surface area (Å²) in [5.41, 5.74) is 1.98. The van der Waals surface area contributed by atoms with E-state index in [9.17, 15) is 5.11 Å². The van der Waals surface area contributed by atoms with E-state index < -0.39 is 0 Å². The number of fused-ring (bicyclic) bond motifs is 1. The van der Waals surface area contributed by atoms with Crippen LogP contribution in [0, 0.1) is 0 Å². The van der Waals surface area contributed by atoms with Gasteiger partial charge in [-0.2, -0.15) is 0 Å². The fraction of sp³-hybridized carbons (Fsp3) is 0.571. The van der Waals surface area contributed by atoms with Crippen LogP contribution in [0.25, 0.3) is 0 Å². The molecule has 1 aliphatic rings. The molecule has 88 valence electrons. The molecule has 0 bridgehead atoms. The number of aromatic hydroxyl groups is 1. The van der Waals surface area contributed by atoms with Gasteiger partial charge in [-0.3, -0.25) is 0 Å². The molecular weight excluding hydrogens is 200 g/mol. The van der Waals surface area contributed by atoms with Gasteiger partial charge in [0.2, 0.25) is 0 Å². The fourth-order valence-electron chi connectivity index (χ4n) is 2.10. The van der Waals surface area contributed by atoms with Gasteiger partial charge < -0.3 is 9.84 Å². The number of rotatable bonds is 1. The summed E-state index contributed by atoms with van der Waals surface area (Å²) in [5.74, 6) is 1.65. The Balaban J connectivity index is 2.45. The first-order valence-electron chi connectivity index (χ1n) is 5.94. The molecule has 2 nitrogen and oxygen atoms in total. The Labute approximate surface area is 97.3 Å². The predicted molar refractivity (Wildman–Crippen MR) is 65.2 cm³/mol. The fourth-order valence-corrected chi connectivity index (χ4v) is 2.10. The van der Waals surface area contributed by atoms with Gasteiger partial charge in [0.25, 0.3) is 0 Å². The van der Waals surface area contributed by atoms with Crippen LogP contribution < -0.4 is 4.74 Å². The van der Waals surface area contributed by atoms with Crippen molar-refractivity contribution in [3.8, 4) is 11.5 Å². The zero-order valence-corrected chi connectivity index (χ0v) is 10.5. The summed E-state index contributed by atoms with van der Waals surface area (Å²) >= 11 is 0. The molecule has 1 aliphatic heterocycles. The summed E-state index contributed by atoms with van der Waals surface area (Å²) in [6, 6.07) is 3.94. The lowest BCUT2D eigenvalue weighted by Gasteiger charge is -2.33. The summed E-state index contributed by atoms with van der Waals surface area (Å²) in [5, 5.41) is 9.98. The number of phenols is 1. The summed E-state index contributed by atoms with van der Waals surface area (Å²) in [7, 11) is 0. The second-order valence-corrected chi connectivity index (χ2v) is 5.53. The van der Waals surface area contributed by atoms with E-state index in [0.717, 1.165) is 29.7 Å².